The molecule has 1 aliphatic heterocycles. The topological polar surface area (TPSA) is 24.5 Å². The van der Waals surface area contributed by atoms with Gasteiger partial charge in [0.15, 0.2) is 0 Å². The van der Waals surface area contributed by atoms with E-state index in [1.54, 1.807) is 7.11 Å². The van der Waals surface area contributed by atoms with E-state index in [1.165, 1.54) is 43.5 Å². The first kappa shape index (κ1) is 12.9. The van der Waals surface area contributed by atoms with Crippen molar-refractivity contribution in [1.29, 1.82) is 0 Å². The molecule has 3 rings (SSSR count). The van der Waals surface area contributed by atoms with Crippen LogP contribution in [0.4, 0.5) is 0 Å². The largest absolute Gasteiger partial charge is 0.497 e. The van der Waals surface area contributed by atoms with E-state index >= 15 is 0 Å². The van der Waals surface area contributed by atoms with Crippen molar-refractivity contribution in [2.24, 2.45) is 0 Å². The van der Waals surface area contributed by atoms with E-state index < -0.39 is 0 Å². The van der Waals surface area contributed by atoms with Crippen LogP contribution in [0.5, 0.6) is 5.75 Å². The summed E-state index contributed by atoms with van der Waals surface area (Å²) in [5.74, 6) is 0.994. The van der Waals surface area contributed by atoms with Gasteiger partial charge >= 0.3 is 0 Å². The maximum atomic E-state index is 5.35. The second kappa shape index (κ2) is 5.51. The van der Waals surface area contributed by atoms with Crippen molar-refractivity contribution < 1.29 is 4.74 Å². The molecule has 2 atom stereocenters. The second-order valence-electron chi connectivity index (χ2n) is 5.88. The van der Waals surface area contributed by atoms with E-state index in [-0.39, 0.29) is 0 Å². The second-order valence-corrected chi connectivity index (χ2v) is 5.88. The van der Waals surface area contributed by atoms with Gasteiger partial charge in [-0.3, -0.25) is 4.90 Å². The van der Waals surface area contributed by atoms with Crippen LogP contribution in [0.2, 0.25) is 0 Å². The fraction of sp³-hybridized carbons (Fsp3) is 0.625. The number of aryl methyl sites for hydroxylation is 1. The van der Waals surface area contributed by atoms with Gasteiger partial charge in [-0.2, -0.15) is 0 Å². The summed E-state index contributed by atoms with van der Waals surface area (Å²) in [7, 11) is 1.75. The molecule has 19 heavy (non-hydrogen) atoms. The van der Waals surface area contributed by atoms with E-state index in [0.717, 1.165) is 12.3 Å². The smallest absolute Gasteiger partial charge is 0.119 e. The van der Waals surface area contributed by atoms with Crippen LogP contribution in [0.25, 0.3) is 0 Å². The number of nitrogens with zero attached hydrogens (tertiary/aromatic N) is 1. The zero-order valence-electron chi connectivity index (χ0n) is 12.0. The van der Waals surface area contributed by atoms with Gasteiger partial charge in [0.25, 0.3) is 0 Å². The zero-order valence-corrected chi connectivity index (χ0v) is 12.0. The number of fused-ring (bicyclic) bond motifs is 1. The van der Waals surface area contributed by atoms with Crippen LogP contribution in [0.15, 0.2) is 18.2 Å². The first-order valence-corrected chi connectivity index (χ1v) is 7.39. The standard InChI is InChI=1S/C16H24N2O/c1-12-11-18(8-7-17-12)15-5-3-13-4-6-16(19-2)10-14(13)9-15/h4,6,10,12,15,17H,3,5,7-9,11H2,1-2H3. The van der Waals surface area contributed by atoms with E-state index in [1.807, 2.05) is 0 Å². The van der Waals surface area contributed by atoms with Crippen molar-refractivity contribution in [3.8, 4) is 5.75 Å². The monoisotopic (exact) mass is 260 g/mol. The molecular formula is C16H24N2O. The molecule has 1 aromatic carbocycles. The number of rotatable bonds is 2. The number of benzene rings is 1. The van der Waals surface area contributed by atoms with E-state index in [4.69, 9.17) is 4.74 Å². The third-order valence-electron chi connectivity index (χ3n) is 4.53. The molecule has 1 fully saturated rings. The quantitative estimate of drug-likeness (QED) is 0.878. The molecule has 0 aromatic heterocycles. The summed E-state index contributed by atoms with van der Waals surface area (Å²) >= 11 is 0. The number of piperazine rings is 1. The number of ether oxygens (including phenoxy) is 1. The Morgan fingerprint density at radius 2 is 2.21 bits per heavy atom. The van der Waals surface area contributed by atoms with Crippen LogP contribution >= 0.6 is 0 Å². The Kier molecular flexibility index (Phi) is 3.76. The highest BCUT2D eigenvalue weighted by Crippen LogP contribution is 2.28. The highest BCUT2D eigenvalue weighted by molar-refractivity contribution is 5.37. The summed E-state index contributed by atoms with van der Waals surface area (Å²) in [6.45, 7) is 5.78. The van der Waals surface area contributed by atoms with Crippen LogP contribution in [0.3, 0.4) is 0 Å². The lowest BCUT2D eigenvalue weighted by atomic mass is 9.87. The summed E-state index contributed by atoms with van der Waals surface area (Å²) in [6, 6.07) is 7.90. The lowest BCUT2D eigenvalue weighted by Crippen LogP contribution is -2.54. The molecule has 1 aliphatic carbocycles. The Balaban J connectivity index is 1.73. The minimum atomic E-state index is 0.625. The summed E-state index contributed by atoms with van der Waals surface area (Å²) in [5, 5.41) is 3.53. The molecule has 1 aromatic rings. The lowest BCUT2D eigenvalue weighted by molar-refractivity contribution is 0.137. The highest BCUT2D eigenvalue weighted by atomic mass is 16.5. The molecular weight excluding hydrogens is 236 g/mol. The van der Waals surface area contributed by atoms with E-state index in [9.17, 15) is 0 Å². The lowest BCUT2D eigenvalue weighted by Gasteiger charge is -2.40. The van der Waals surface area contributed by atoms with Gasteiger partial charge in [-0.25, -0.2) is 0 Å². The maximum absolute atomic E-state index is 5.35. The fourth-order valence-electron chi connectivity index (χ4n) is 3.45. The Morgan fingerprint density at radius 1 is 1.32 bits per heavy atom. The van der Waals surface area contributed by atoms with Crippen molar-refractivity contribution in [2.75, 3.05) is 26.7 Å². The third kappa shape index (κ3) is 2.77. The van der Waals surface area contributed by atoms with Crippen molar-refractivity contribution in [3.63, 3.8) is 0 Å². The summed E-state index contributed by atoms with van der Waals surface area (Å²) < 4.78 is 5.35. The Labute approximate surface area is 115 Å². The third-order valence-corrected chi connectivity index (χ3v) is 4.53. The molecule has 104 valence electrons. The van der Waals surface area contributed by atoms with Gasteiger partial charge in [-0.05, 0) is 49.4 Å². The average Bonchev–Trinajstić information content (AvgIpc) is 2.46. The number of nitrogens with one attached hydrogen (secondary N) is 1. The molecule has 2 aliphatic rings. The van der Waals surface area contributed by atoms with E-state index in [2.05, 4.69) is 35.3 Å². The van der Waals surface area contributed by atoms with Crippen molar-refractivity contribution in [2.45, 2.75) is 38.3 Å². The SMILES string of the molecule is COc1ccc2c(c1)CC(N1CCNC(C)C1)CC2. The van der Waals surface area contributed by atoms with Gasteiger partial charge in [-0.15, -0.1) is 0 Å². The van der Waals surface area contributed by atoms with Gasteiger partial charge in [0, 0.05) is 31.7 Å². The first-order chi connectivity index (χ1) is 9.26. The molecule has 0 radical (unpaired) electrons. The Bertz CT molecular complexity index is 446. The predicted molar refractivity (Wildman–Crippen MR) is 77.8 cm³/mol. The molecule has 1 N–H and O–H groups in total. The van der Waals surface area contributed by atoms with Crippen LogP contribution in [0.1, 0.15) is 24.5 Å². The van der Waals surface area contributed by atoms with Gasteiger partial charge in [0.2, 0.25) is 0 Å². The van der Waals surface area contributed by atoms with E-state index in [0.29, 0.717) is 12.1 Å². The van der Waals surface area contributed by atoms with Crippen LogP contribution in [-0.2, 0) is 12.8 Å². The number of hydrogen-bond donors (Lipinski definition) is 1. The molecule has 1 saturated heterocycles. The molecule has 3 nitrogen and oxygen atoms in total. The molecule has 0 spiro atoms. The normalized spacial score (nSPS) is 27.9. The molecule has 2 unspecified atom stereocenters. The van der Waals surface area contributed by atoms with Crippen molar-refractivity contribution >= 4 is 0 Å². The summed E-state index contributed by atoms with van der Waals surface area (Å²) in [4.78, 5) is 2.67. The van der Waals surface area contributed by atoms with Crippen LogP contribution in [-0.4, -0.2) is 43.7 Å². The summed E-state index contributed by atoms with van der Waals surface area (Å²) in [5.41, 5.74) is 3.00. The average molecular weight is 260 g/mol. The van der Waals surface area contributed by atoms with Crippen molar-refractivity contribution in [3.05, 3.63) is 29.3 Å². The van der Waals surface area contributed by atoms with Gasteiger partial charge in [0.05, 0.1) is 7.11 Å². The molecule has 1 heterocycles. The Hall–Kier alpha value is -1.06. The van der Waals surface area contributed by atoms with Crippen molar-refractivity contribution in [1.82, 2.24) is 10.2 Å². The van der Waals surface area contributed by atoms with Gasteiger partial charge in [0.1, 0.15) is 5.75 Å². The molecule has 3 heteroatoms. The fourth-order valence-corrected chi connectivity index (χ4v) is 3.45. The molecule has 0 bridgehead atoms. The Morgan fingerprint density at radius 3 is 3.00 bits per heavy atom. The highest BCUT2D eigenvalue weighted by Gasteiger charge is 2.27. The van der Waals surface area contributed by atoms with Crippen LogP contribution < -0.4 is 10.1 Å². The molecule has 0 saturated carbocycles. The number of hydrogen-bond acceptors (Lipinski definition) is 3. The number of methoxy groups -OCH3 is 1. The van der Waals surface area contributed by atoms with Gasteiger partial charge < -0.3 is 10.1 Å². The minimum Gasteiger partial charge on any atom is -0.497 e. The predicted octanol–water partition coefficient (Wildman–Crippen LogP) is 1.85. The van der Waals surface area contributed by atoms with Crippen LogP contribution in [0, 0.1) is 0 Å². The zero-order chi connectivity index (χ0) is 13.2. The first-order valence-electron chi connectivity index (χ1n) is 7.39. The van der Waals surface area contributed by atoms with Gasteiger partial charge in [-0.1, -0.05) is 6.07 Å². The summed E-state index contributed by atoms with van der Waals surface area (Å²) in [6.07, 6.45) is 3.69. The minimum absolute atomic E-state index is 0.625. The molecule has 0 amide bonds. The maximum Gasteiger partial charge on any atom is 0.119 e.